The Kier molecular flexibility index (Phi) is 5.76. The molecule has 7 heteroatoms. The average molecular weight is 354 g/mol. The summed E-state index contributed by atoms with van der Waals surface area (Å²) < 4.78 is 28.8. The van der Waals surface area contributed by atoms with Gasteiger partial charge in [-0.1, -0.05) is 18.2 Å². The number of β-amino-alcohol motifs (C(OH)–C–C–N with tert-alkyl or cyclic N) is 1. The predicted molar refractivity (Wildman–Crippen MR) is 93.0 cm³/mol. The Morgan fingerprint density at radius 3 is 2.50 bits per heavy atom. The zero-order valence-electron chi connectivity index (χ0n) is 13.9. The average Bonchev–Trinajstić information content (AvgIpc) is 2.95. The van der Waals surface area contributed by atoms with E-state index in [9.17, 15) is 13.5 Å². The number of ether oxygens (including phenoxy) is 1. The Hall–Kier alpha value is -1.15. The van der Waals surface area contributed by atoms with Gasteiger partial charge in [-0.05, 0) is 18.6 Å². The van der Waals surface area contributed by atoms with E-state index in [4.69, 9.17) is 4.74 Å². The molecule has 2 aliphatic heterocycles. The van der Waals surface area contributed by atoms with Crippen LogP contribution in [0, 0.1) is 0 Å². The fraction of sp³-hybridized carbons (Fsp3) is 0.647. The molecule has 1 aromatic carbocycles. The largest absolute Gasteiger partial charge is 0.491 e. The number of hydrogen-bond acceptors (Lipinski definition) is 6. The highest BCUT2D eigenvalue weighted by atomic mass is 32.2. The van der Waals surface area contributed by atoms with Crippen molar-refractivity contribution in [3.63, 3.8) is 0 Å². The first kappa shape index (κ1) is 17.7. The molecule has 0 aliphatic carbocycles. The van der Waals surface area contributed by atoms with Gasteiger partial charge in [-0.15, -0.1) is 0 Å². The van der Waals surface area contributed by atoms with Crippen molar-refractivity contribution in [2.45, 2.75) is 18.6 Å². The first-order chi connectivity index (χ1) is 11.5. The lowest BCUT2D eigenvalue weighted by Crippen LogP contribution is -2.52. The van der Waals surface area contributed by atoms with Crippen LogP contribution in [-0.2, 0) is 9.84 Å². The molecule has 0 radical (unpaired) electrons. The van der Waals surface area contributed by atoms with Crippen LogP contribution in [0.25, 0.3) is 0 Å². The van der Waals surface area contributed by atoms with Gasteiger partial charge in [0.1, 0.15) is 18.5 Å². The van der Waals surface area contributed by atoms with E-state index in [1.165, 1.54) is 0 Å². The van der Waals surface area contributed by atoms with Gasteiger partial charge in [-0.25, -0.2) is 8.42 Å². The number of aliphatic hydroxyl groups is 1. The highest BCUT2D eigenvalue weighted by Gasteiger charge is 2.33. The summed E-state index contributed by atoms with van der Waals surface area (Å²) in [7, 11) is -2.82. The second-order valence-corrected chi connectivity index (χ2v) is 8.90. The van der Waals surface area contributed by atoms with Crippen molar-refractivity contribution in [1.82, 2.24) is 9.80 Å². The van der Waals surface area contributed by atoms with E-state index >= 15 is 0 Å². The topological polar surface area (TPSA) is 70.1 Å². The van der Waals surface area contributed by atoms with E-state index < -0.39 is 15.9 Å². The van der Waals surface area contributed by atoms with Gasteiger partial charge >= 0.3 is 0 Å². The number of rotatable bonds is 6. The fourth-order valence-electron chi connectivity index (χ4n) is 3.43. The second-order valence-electron chi connectivity index (χ2n) is 6.67. The van der Waals surface area contributed by atoms with E-state index in [1.54, 1.807) is 0 Å². The minimum atomic E-state index is -2.82. The predicted octanol–water partition coefficient (Wildman–Crippen LogP) is 0.231. The molecule has 2 aliphatic rings. The zero-order chi connectivity index (χ0) is 17.0. The summed E-state index contributed by atoms with van der Waals surface area (Å²) in [5.41, 5.74) is 0. The van der Waals surface area contributed by atoms with Crippen molar-refractivity contribution in [1.29, 1.82) is 0 Å². The van der Waals surface area contributed by atoms with Gasteiger partial charge in [0.2, 0.25) is 0 Å². The Morgan fingerprint density at radius 2 is 1.88 bits per heavy atom. The van der Waals surface area contributed by atoms with Crippen LogP contribution in [0.4, 0.5) is 0 Å². The second kappa shape index (κ2) is 7.82. The van der Waals surface area contributed by atoms with Gasteiger partial charge in [0.25, 0.3) is 0 Å². The third-order valence-electron chi connectivity index (χ3n) is 4.79. The van der Waals surface area contributed by atoms with Crippen LogP contribution in [0.2, 0.25) is 0 Å². The molecule has 0 aromatic heterocycles. The lowest BCUT2D eigenvalue weighted by Gasteiger charge is -2.38. The zero-order valence-corrected chi connectivity index (χ0v) is 14.7. The van der Waals surface area contributed by atoms with Crippen molar-refractivity contribution in [2.24, 2.45) is 0 Å². The molecular formula is C17H26N2O4S. The molecule has 1 N–H and O–H groups in total. The van der Waals surface area contributed by atoms with Gasteiger partial charge in [0.05, 0.1) is 11.5 Å². The quantitative estimate of drug-likeness (QED) is 0.789. The minimum Gasteiger partial charge on any atom is -0.491 e. The van der Waals surface area contributed by atoms with E-state index in [0.29, 0.717) is 18.1 Å². The molecule has 1 aromatic rings. The van der Waals surface area contributed by atoms with Crippen LogP contribution >= 0.6 is 0 Å². The van der Waals surface area contributed by atoms with Gasteiger partial charge in [0.15, 0.2) is 9.84 Å². The Morgan fingerprint density at radius 1 is 1.17 bits per heavy atom. The number of para-hydroxylation sites is 1. The molecule has 134 valence electrons. The summed E-state index contributed by atoms with van der Waals surface area (Å²) in [6.45, 7) is 4.32. The van der Waals surface area contributed by atoms with Gasteiger partial charge in [-0.3, -0.25) is 9.80 Å². The van der Waals surface area contributed by atoms with Gasteiger partial charge < -0.3 is 9.84 Å². The summed E-state index contributed by atoms with van der Waals surface area (Å²) in [4.78, 5) is 4.51. The van der Waals surface area contributed by atoms with Crippen molar-refractivity contribution in [2.75, 3.05) is 50.8 Å². The standard InChI is InChI=1S/C17H26N2O4S/c20-16(13-23-17-4-2-1-3-5-17)12-18-7-9-19(10-8-18)15-6-11-24(21,22)14-15/h1-5,15-16,20H,6-14H2/t15-,16-/m0/s1. The molecule has 2 fully saturated rings. The molecule has 3 rings (SSSR count). The first-order valence-corrected chi connectivity index (χ1v) is 10.4. The lowest BCUT2D eigenvalue weighted by atomic mass is 10.2. The van der Waals surface area contributed by atoms with Crippen LogP contribution in [-0.4, -0.2) is 86.3 Å². The van der Waals surface area contributed by atoms with E-state index in [0.717, 1.165) is 38.3 Å². The minimum absolute atomic E-state index is 0.184. The third-order valence-corrected chi connectivity index (χ3v) is 6.54. The molecule has 0 spiro atoms. The van der Waals surface area contributed by atoms with Crippen LogP contribution in [0.1, 0.15) is 6.42 Å². The molecule has 0 amide bonds. The molecule has 24 heavy (non-hydrogen) atoms. The maximum absolute atomic E-state index is 11.6. The van der Waals surface area contributed by atoms with E-state index in [2.05, 4.69) is 9.80 Å². The number of benzene rings is 1. The molecular weight excluding hydrogens is 328 g/mol. The SMILES string of the molecule is O=S1(=O)CC[C@H](N2CCN(C[C@H](O)COc3ccccc3)CC2)C1. The van der Waals surface area contributed by atoms with Crippen molar-refractivity contribution < 1.29 is 18.3 Å². The Balaban J connectivity index is 1.37. The maximum Gasteiger partial charge on any atom is 0.151 e. The molecule has 2 atom stereocenters. The van der Waals surface area contributed by atoms with Gasteiger partial charge in [0, 0.05) is 38.8 Å². The number of aliphatic hydroxyl groups excluding tert-OH is 1. The van der Waals surface area contributed by atoms with Crippen LogP contribution < -0.4 is 4.74 Å². The summed E-state index contributed by atoms with van der Waals surface area (Å²) in [6.07, 6.45) is 0.235. The summed E-state index contributed by atoms with van der Waals surface area (Å²) in [6, 6.07) is 9.68. The molecule has 2 heterocycles. The Labute approximate surface area is 143 Å². The third kappa shape index (κ3) is 4.92. The summed E-state index contributed by atoms with van der Waals surface area (Å²) in [5.74, 6) is 1.40. The number of piperazine rings is 1. The van der Waals surface area contributed by atoms with Crippen molar-refractivity contribution in [3.05, 3.63) is 30.3 Å². The molecule has 0 saturated carbocycles. The lowest BCUT2D eigenvalue weighted by molar-refractivity contribution is 0.0389. The van der Waals surface area contributed by atoms with Crippen LogP contribution in [0.5, 0.6) is 5.75 Å². The normalized spacial score (nSPS) is 26.3. The van der Waals surface area contributed by atoms with Crippen LogP contribution in [0.15, 0.2) is 30.3 Å². The molecule has 0 bridgehead atoms. The molecule has 0 unspecified atom stereocenters. The summed E-state index contributed by atoms with van der Waals surface area (Å²) in [5, 5.41) is 10.1. The van der Waals surface area contributed by atoms with Crippen molar-refractivity contribution >= 4 is 9.84 Å². The van der Waals surface area contributed by atoms with E-state index in [1.807, 2.05) is 30.3 Å². The highest BCUT2D eigenvalue weighted by Crippen LogP contribution is 2.19. The number of nitrogens with zero attached hydrogens (tertiary/aromatic N) is 2. The summed E-state index contributed by atoms with van der Waals surface area (Å²) >= 11 is 0. The highest BCUT2D eigenvalue weighted by molar-refractivity contribution is 7.91. The Bertz CT molecular complexity index is 615. The van der Waals surface area contributed by atoms with Gasteiger partial charge in [-0.2, -0.15) is 0 Å². The number of hydrogen-bond donors (Lipinski definition) is 1. The first-order valence-electron chi connectivity index (χ1n) is 8.54. The van der Waals surface area contributed by atoms with E-state index in [-0.39, 0.29) is 12.6 Å². The van der Waals surface area contributed by atoms with Crippen LogP contribution in [0.3, 0.4) is 0 Å². The maximum atomic E-state index is 11.6. The fourth-order valence-corrected chi connectivity index (χ4v) is 5.20. The number of sulfone groups is 1. The monoisotopic (exact) mass is 354 g/mol. The van der Waals surface area contributed by atoms with Crippen molar-refractivity contribution in [3.8, 4) is 5.75 Å². The smallest absolute Gasteiger partial charge is 0.151 e. The molecule has 6 nitrogen and oxygen atoms in total. The molecule has 2 saturated heterocycles.